The van der Waals surface area contributed by atoms with E-state index in [0.717, 1.165) is 0 Å². The van der Waals surface area contributed by atoms with Crippen LogP contribution in [0, 0.1) is 0 Å². The smallest absolute Gasteiger partial charge is 0.196 e. The number of fused-ring (bicyclic) bond motifs is 1. The standard InChI is InChI=1S/C23H26O6/c1-6-13-19(25)18-15(24)12-17(14-10-9-11-16(27-4)20(14)28-5)29-22(18)23(7-2,8-3)21(13)26/h9-12,25H,6-8H2,1-5H3. The van der Waals surface area contributed by atoms with Crippen molar-refractivity contribution in [3.05, 3.63) is 51.4 Å². The Morgan fingerprint density at radius 1 is 1.07 bits per heavy atom. The van der Waals surface area contributed by atoms with E-state index in [9.17, 15) is 14.7 Å². The molecule has 2 aromatic rings. The summed E-state index contributed by atoms with van der Waals surface area (Å²) in [5, 5.41) is 10.7. The first-order valence-electron chi connectivity index (χ1n) is 9.77. The predicted octanol–water partition coefficient (Wildman–Crippen LogP) is 4.64. The number of Topliss-reactive ketones (excluding diaryl/α,β-unsaturated/α-hetero) is 1. The van der Waals surface area contributed by atoms with Gasteiger partial charge in [-0.3, -0.25) is 9.59 Å². The summed E-state index contributed by atoms with van der Waals surface area (Å²) >= 11 is 0. The number of carbonyl (C=O) groups is 1. The second-order valence-corrected chi connectivity index (χ2v) is 7.02. The monoisotopic (exact) mass is 398 g/mol. The fourth-order valence-electron chi connectivity index (χ4n) is 4.14. The Hall–Kier alpha value is -3.02. The summed E-state index contributed by atoms with van der Waals surface area (Å²) in [6.07, 6.45) is 1.25. The third-order valence-electron chi connectivity index (χ3n) is 5.84. The van der Waals surface area contributed by atoms with Crippen LogP contribution >= 0.6 is 0 Å². The number of carbonyl (C=O) groups excluding carboxylic acids is 1. The zero-order valence-electron chi connectivity index (χ0n) is 17.4. The molecule has 0 unspecified atom stereocenters. The molecule has 1 aliphatic rings. The lowest BCUT2D eigenvalue weighted by molar-refractivity contribution is -0.122. The Bertz CT molecular complexity index is 1040. The van der Waals surface area contributed by atoms with Crippen LogP contribution in [0.25, 0.3) is 17.1 Å². The minimum absolute atomic E-state index is 0.0794. The van der Waals surface area contributed by atoms with Crippen LogP contribution in [0.1, 0.15) is 51.4 Å². The Kier molecular flexibility index (Phi) is 5.55. The highest BCUT2D eigenvalue weighted by Gasteiger charge is 2.48. The number of hydrogen-bond acceptors (Lipinski definition) is 6. The first-order valence-corrected chi connectivity index (χ1v) is 9.77. The van der Waals surface area contributed by atoms with E-state index in [0.29, 0.717) is 36.3 Å². The van der Waals surface area contributed by atoms with Crippen molar-refractivity contribution in [3.63, 3.8) is 0 Å². The average molecular weight is 398 g/mol. The zero-order valence-corrected chi connectivity index (χ0v) is 17.4. The minimum atomic E-state index is -0.992. The number of aliphatic hydroxyl groups is 1. The molecule has 6 nitrogen and oxygen atoms in total. The van der Waals surface area contributed by atoms with Gasteiger partial charge < -0.3 is 19.0 Å². The van der Waals surface area contributed by atoms with Gasteiger partial charge in [0.1, 0.15) is 22.8 Å². The van der Waals surface area contributed by atoms with Crippen molar-refractivity contribution >= 4 is 11.5 Å². The number of rotatable bonds is 6. The van der Waals surface area contributed by atoms with Gasteiger partial charge in [0.05, 0.1) is 25.2 Å². The molecule has 0 atom stereocenters. The maximum atomic E-state index is 13.3. The lowest BCUT2D eigenvalue weighted by atomic mass is 9.68. The zero-order chi connectivity index (χ0) is 21.3. The summed E-state index contributed by atoms with van der Waals surface area (Å²) in [5.41, 5.74) is -0.497. The SMILES string of the molecule is CCC1=C(O)c2c(oc(-c3cccc(OC)c3OC)cc2=O)C(CC)(CC)C1=O. The number of benzene rings is 1. The maximum Gasteiger partial charge on any atom is 0.196 e. The van der Waals surface area contributed by atoms with Crippen LogP contribution in [0.5, 0.6) is 11.5 Å². The third kappa shape index (κ3) is 2.94. The molecule has 0 amide bonds. The molecular weight excluding hydrogens is 372 g/mol. The first kappa shape index (κ1) is 20.7. The molecule has 1 aromatic heterocycles. The van der Waals surface area contributed by atoms with Gasteiger partial charge >= 0.3 is 0 Å². The van der Waals surface area contributed by atoms with Gasteiger partial charge in [0.2, 0.25) is 0 Å². The summed E-state index contributed by atoms with van der Waals surface area (Å²) in [5.74, 6) is 0.935. The van der Waals surface area contributed by atoms with E-state index in [-0.39, 0.29) is 34.2 Å². The predicted molar refractivity (Wildman–Crippen MR) is 111 cm³/mol. The molecule has 3 rings (SSSR count). The molecule has 0 saturated carbocycles. The molecule has 0 saturated heterocycles. The Balaban J connectivity index is 2.39. The molecule has 1 heterocycles. The minimum Gasteiger partial charge on any atom is -0.507 e. The van der Waals surface area contributed by atoms with E-state index in [2.05, 4.69) is 0 Å². The Morgan fingerprint density at radius 2 is 1.76 bits per heavy atom. The van der Waals surface area contributed by atoms with E-state index in [1.165, 1.54) is 20.3 Å². The molecule has 154 valence electrons. The molecule has 29 heavy (non-hydrogen) atoms. The van der Waals surface area contributed by atoms with E-state index < -0.39 is 10.8 Å². The van der Waals surface area contributed by atoms with Gasteiger partial charge in [-0.05, 0) is 31.4 Å². The normalized spacial score (nSPS) is 15.3. The summed E-state index contributed by atoms with van der Waals surface area (Å²) in [6.45, 7) is 5.57. The van der Waals surface area contributed by atoms with Crippen molar-refractivity contribution in [3.8, 4) is 22.8 Å². The van der Waals surface area contributed by atoms with Gasteiger partial charge in [0.25, 0.3) is 0 Å². The van der Waals surface area contributed by atoms with Crippen molar-refractivity contribution < 1.29 is 23.8 Å². The highest BCUT2D eigenvalue weighted by Crippen LogP contribution is 2.46. The summed E-state index contributed by atoms with van der Waals surface area (Å²) < 4.78 is 17.0. The molecule has 0 spiro atoms. The number of ether oxygens (including phenoxy) is 2. The second-order valence-electron chi connectivity index (χ2n) is 7.02. The second kappa shape index (κ2) is 7.78. The Morgan fingerprint density at radius 3 is 2.31 bits per heavy atom. The highest BCUT2D eigenvalue weighted by atomic mass is 16.5. The van der Waals surface area contributed by atoms with E-state index in [1.54, 1.807) is 25.1 Å². The van der Waals surface area contributed by atoms with Crippen molar-refractivity contribution in [2.24, 2.45) is 0 Å². The summed E-state index contributed by atoms with van der Waals surface area (Å²) in [4.78, 5) is 26.3. The van der Waals surface area contributed by atoms with Crippen LogP contribution in [-0.4, -0.2) is 25.1 Å². The van der Waals surface area contributed by atoms with Crippen molar-refractivity contribution in [2.45, 2.75) is 45.4 Å². The number of allylic oxidation sites excluding steroid dienone is 1. The lowest BCUT2D eigenvalue weighted by Gasteiger charge is -2.35. The molecule has 0 aliphatic heterocycles. The first-order chi connectivity index (χ1) is 13.9. The molecule has 1 aromatic carbocycles. The number of aliphatic hydroxyl groups excluding tert-OH is 1. The van der Waals surface area contributed by atoms with E-state index in [4.69, 9.17) is 13.9 Å². The van der Waals surface area contributed by atoms with Crippen LogP contribution in [0.15, 0.2) is 39.1 Å². The van der Waals surface area contributed by atoms with E-state index >= 15 is 0 Å². The third-order valence-corrected chi connectivity index (χ3v) is 5.84. The van der Waals surface area contributed by atoms with Gasteiger partial charge in [-0.15, -0.1) is 0 Å². The molecule has 0 fully saturated rings. The van der Waals surface area contributed by atoms with Crippen LogP contribution in [0.2, 0.25) is 0 Å². The van der Waals surface area contributed by atoms with Gasteiger partial charge in [0, 0.05) is 11.6 Å². The van der Waals surface area contributed by atoms with E-state index in [1.807, 2.05) is 13.8 Å². The molecule has 1 N–H and O–H groups in total. The fourth-order valence-corrected chi connectivity index (χ4v) is 4.14. The van der Waals surface area contributed by atoms with Gasteiger partial charge in [-0.2, -0.15) is 0 Å². The van der Waals surface area contributed by atoms with Gasteiger partial charge in [-0.25, -0.2) is 0 Å². The van der Waals surface area contributed by atoms with Crippen molar-refractivity contribution in [1.29, 1.82) is 0 Å². The van der Waals surface area contributed by atoms with Crippen LogP contribution < -0.4 is 14.9 Å². The molecule has 0 radical (unpaired) electrons. The lowest BCUT2D eigenvalue weighted by Crippen LogP contribution is -2.41. The van der Waals surface area contributed by atoms with Crippen LogP contribution in [-0.2, 0) is 10.2 Å². The van der Waals surface area contributed by atoms with Crippen molar-refractivity contribution in [2.75, 3.05) is 14.2 Å². The quantitative estimate of drug-likeness (QED) is 0.763. The molecule has 6 heteroatoms. The fraction of sp³-hybridized carbons (Fsp3) is 0.391. The van der Waals surface area contributed by atoms with Crippen LogP contribution in [0.3, 0.4) is 0 Å². The van der Waals surface area contributed by atoms with Crippen molar-refractivity contribution in [1.82, 2.24) is 0 Å². The van der Waals surface area contributed by atoms with Crippen LogP contribution in [0.4, 0.5) is 0 Å². The van der Waals surface area contributed by atoms with Gasteiger partial charge in [-0.1, -0.05) is 26.8 Å². The number of para-hydroxylation sites is 1. The topological polar surface area (TPSA) is 86.0 Å². The Labute approximate surface area is 169 Å². The summed E-state index contributed by atoms with van der Waals surface area (Å²) in [7, 11) is 3.03. The largest absolute Gasteiger partial charge is 0.507 e. The number of methoxy groups -OCH3 is 2. The number of ketones is 1. The molecule has 0 bridgehead atoms. The highest BCUT2D eigenvalue weighted by molar-refractivity contribution is 6.10. The maximum absolute atomic E-state index is 13.3. The number of hydrogen-bond donors (Lipinski definition) is 1. The molecular formula is C23H26O6. The van der Waals surface area contributed by atoms with Gasteiger partial charge in [0.15, 0.2) is 22.7 Å². The summed E-state index contributed by atoms with van der Waals surface area (Å²) in [6, 6.07) is 6.59. The average Bonchev–Trinajstić information content (AvgIpc) is 2.73. The molecule has 1 aliphatic carbocycles.